The Hall–Kier alpha value is -3.18. The molecule has 4 rings (SSSR count). The van der Waals surface area contributed by atoms with E-state index in [0.717, 1.165) is 27.7 Å². The molecule has 4 aromatic rings. The quantitative estimate of drug-likeness (QED) is 0.570. The molecule has 26 heavy (non-hydrogen) atoms. The van der Waals surface area contributed by atoms with Gasteiger partial charge in [0.05, 0.1) is 28.8 Å². The summed E-state index contributed by atoms with van der Waals surface area (Å²) in [5.74, 6) is -0.968. The molecular formula is C20H14ClN3O2. The molecule has 0 aliphatic carbocycles. The van der Waals surface area contributed by atoms with E-state index < -0.39 is 5.97 Å². The SMILES string of the molecule is Cc1ccc(C(=O)O)cc1-c1cc(-n2ccnc2)c2ccc(Cl)cc2n1. The van der Waals surface area contributed by atoms with Gasteiger partial charge in [-0.05, 0) is 48.9 Å². The minimum absolute atomic E-state index is 0.225. The predicted molar refractivity (Wildman–Crippen MR) is 101 cm³/mol. The van der Waals surface area contributed by atoms with Crippen molar-refractivity contribution < 1.29 is 9.90 Å². The van der Waals surface area contributed by atoms with E-state index in [2.05, 4.69) is 4.98 Å². The Morgan fingerprint density at radius 1 is 1.15 bits per heavy atom. The molecule has 2 aromatic heterocycles. The van der Waals surface area contributed by atoms with Crippen LogP contribution in [-0.2, 0) is 0 Å². The van der Waals surface area contributed by atoms with Gasteiger partial charge in [-0.3, -0.25) is 0 Å². The first kappa shape index (κ1) is 16.3. The number of hydrogen-bond donors (Lipinski definition) is 1. The number of carboxylic acid groups (broad SMARTS) is 1. The molecule has 0 fully saturated rings. The molecule has 0 radical (unpaired) electrons. The maximum Gasteiger partial charge on any atom is 0.335 e. The van der Waals surface area contributed by atoms with Gasteiger partial charge in [0, 0.05) is 28.4 Å². The van der Waals surface area contributed by atoms with Crippen molar-refractivity contribution in [1.82, 2.24) is 14.5 Å². The van der Waals surface area contributed by atoms with E-state index in [1.807, 2.05) is 35.9 Å². The van der Waals surface area contributed by atoms with Crippen LogP contribution in [0.4, 0.5) is 0 Å². The number of pyridine rings is 1. The van der Waals surface area contributed by atoms with Crippen molar-refractivity contribution in [3.05, 3.63) is 77.3 Å². The molecule has 128 valence electrons. The number of aromatic nitrogens is 3. The number of carboxylic acids is 1. The van der Waals surface area contributed by atoms with Crippen LogP contribution in [0.5, 0.6) is 0 Å². The average molecular weight is 364 g/mol. The highest BCUT2D eigenvalue weighted by Crippen LogP contribution is 2.31. The van der Waals surface area contributed by atoms with Crippen molar-refractivity contribution in [3.8, 4) is 16.9 Å². The van der Waals surface area contributed by atoms with Crippen molar-refractivity contribution in [3.63, 3.8) is 0 Å². The molecule has 6 heteroatoms. The van der Waals surface area contributed by atoms with Crippen LogP contribution in [-0.4, -0.2) is 25.6 Å². The highest BCUT2D eigenvalue weighted by atomic mass is 35.5. The van der Waals surface area contributed by atoms with Crippen molar-refractivity contribution in [2.75, 3.05) is 0 Å². The van der Waals surface area contributed by atoms with Gasteiger partial charge in [0.15, 0.2) is 0 Å². The van der Waals surface area contributed by atoms with Crippen molar-refractivity contribution in [2.24, 2.45) is 0 Å². The van der Waals surface area contributed by atoms with Crippen LogP contribution in [0.15, 0.2) is 61.2 Å². The van der Waals surface area contributed by atoms with Gasteiger partial charge in [0.2, 0.25) is 0 Å². The first-order chi connectivity index (χ1) is 12.5. The molecule has 0 atom stereocenters. The van der Waals surface area contributed by atoms with E-state index in [1.165, 1.54) is 0 Å². The highest BCUT2D eigenvalue weighted by molar-refractivity contribution is 6.31. The van der Waals surface area contributed by atoms with Gasteiger partial charge >= 0.3 is 5.97 Å². The van der Waals surface area contributed by atoms with Crippen LogP contribution < -0.4 is 0 Å². The summed E-state index contributed by atoms with van der Waals surface area (Å²) in [5, 5.41) is 10.8. The van der Waals surface area contributed by atoms with Crippen molar-refractivity contribution in [1.29, 1.82) is 0 Å². The maximum absolute atomic E-state index is 11.4. The second kappa shape index (κ2) is 6.28. The van der Waals surface area contributed by atoms with E-state index in [1.54, 1.807) is 36.8 Å². The smallest absolute Gasteiger partial charge is 0.335 e. The lowest BCUT2D eigenvalue weighted by molar-refractivity contribution is 0.0697. The van der Waals surface area contributed by atoms with Crippen LogP contribution in [0.1, 0.15) is 15.9 Å². The zero-order chi connectivity index (χ0) is 18.3. The average Bonchev–Trinajstić information content (AvgIpc) is 3.15. The number of aryl methyl sites for hydroxylation is 1. The molecule has 0 unspecified atom stereocenters. The van der Waals surface area contributed by atoms with Crippen LogP contribution in [0.3, 0.4) is 0 Å². The number of carbonyl (C=O) groups is 1. The van der Waals surface area contributed by atoms with Crippen molar-refractivity contribution in [2.45, 2.75) is 6.92 Å². The van der Waals surface area contributed by atoms with Crippen molar-refractivity contribution >= 4 is 28.5 Å². The lowest BCUT2D eigenvalue weighted by Gasteiger charge is -2.13. The molecule has 0 aliphatic heterocycles. The Kier molecular flexibility index (Phi) is 3.93. The monoisotopic (exact) mass is 363 g/mol. The number of aromatic carboxylic acids is 1. The molecule has 0 saturated carbocycles. The first-order valence-corrected chi connectivity index (χ1v) is 8.34. The normalized spacial score (nSPS) is 11.0. The first-order valence-electron chi connectivity index (χ1n) is 7.96. The number of fused-ring (bicyclic) bond motifs is 1. The van der Waals surface area contributed by atoms with E-state index in [9.17, 15) is 9.90 Å². The third-order valence-corrected chi connectivity index (χ3v) is 4.53. The Labute approximate surface area is 154 Å². The zero-order valence-electron chi connectivity index (χ0n) is 13.8. The maximum atomic E-state index is 11.4. The molecule has 0 spiro atoms. The summed E-state index contributed by atoms with van der Waals surface area (Å²) in [6.07, 6.45) is 5.28. The third kappa shape index (κ3) is 2.82. The topological polar surface area (TPSA) is 68.0 Å². The number of nitrogens with zero attached hydrogens (tertiary/aromatic N) is 3. The minimum Gasteiger partial charge on any atom is -0.478 e. The van der Waals surface area contributed by atoms with Gasteiger partial charge < -0.3 is 9.67 Å². The molecule has 2 aromatic carbocycles. The fourth-order valence-electron chi connectivity index (χ4n) is 2.97. The number of halogens is 1. The van der Waals surface area contributed by atoms with E-state index in [-0.39, 0.29) is 5.56 Å². The Balaban J connectivity index is 2.03. The van der Waals surface area contributed by atoms with E-state index >= 15 is 0 Å². The summed E-state index contributed by atoms with van der Waals surface area (Å²) >= 11 is 6.16. The van der Waals surface area contributed by atoms with Gasteiger partial charge in [0.1, 0.15) is 0 Å². The number of rotatable bonds is 3. The number of hydrogen-bond acceptors (Lipinski definition) is 3. The summed E-state index contributed by atoms with van der Waals surface area (Å²) in [5.41, 5.74) is 4.26. The molecule has 2 heterocycles. The molecule has 0 bridgehead atoms. The minimum atomic E-state index is -0.968. The molecule has 0 saturated heterocycles. The van der Waals surface area contributed by atoms with E-state index in [4.69, 9.17) is 16.6 Å². The fourth-order valence-corrected chi connectivity index (χ4v) is 3.13. The molecular weight excluding hydrogens is 350 g/mol. The van der Waals surface area contributed by atoms with Gasteiger partial charge in [-0.25, -0.2) is 14.8 Å². The van der Waals surface area contributed by atoms with Gasteiger partial charge in [-0.1, -0.05) is 17.7 Å². The largest absolute Gasteiger partial charge is 0.478 e. The fraction of sp³-hybridized carbons (Fsp3) is 0.0500. The Morgan fingerprint density at radius 3 is 2.73 bits per heavy atom. The van der Waals surface area contributed by atoms with Crippen LogP contribution in [0, 0.1) is 6.92 Å². The Bertz CT molecular complexity index is 1140. The highest BCUT2D eigenvalue weighted by Gasteiger charge is 2.13. The number of imidazole rings is 1. The summed E-state index contributed by atoms with van der Waals surface area (Å²) in [7, 11) is 0. The summed E-state index contributed by atoms with van der Waals surface area (Å²) in [6.45, 7) is 1.93. The lowest BCUT2D eigenvalue weighted by atomic mass is 10.0. The summed E-state index contributed by atoms with van der Waals surface area (Å²) in [6, 6.07) is 12.5. The predicted octanol–water partition coefficient (Wildman–Crippen LogP) is 4.75. The standard InChI is InChI=1S/C20H14ClN3O2/c1-12-2-3-13(20(25)26)8-16(12)18-10-19(24-7-6-22-11-24)15-5-4-14(21)9-17(15)23-18/h2-11H,1H3,(H,25,26). The summed E-state index contributed by atoms with van der Waals surface area (Å²) in [4.78, 5) is 20.2. The summed E-state index contributed by atoms with van der Waals surface area (Å²) < 4.78 is 1.90. The van der Waals surface area contributed by atoms with Crippen LogP contribution in [0.2, 0.25) is 5.02 Å². The third-order valence-electron chi connectivity index (χ3n) is 4.29. The Morgan fingerprint density at radius 2 is 2.00 bits per heavy atom. The van der Waals surface area contributed by atoms with Crippen LogP contribution in [0.25, 0.3) is 27.8 Å². The van der Waals surface area contributed by atoms with Gasteiger partial charge in [-0.2, -0.15) is 0 Å². The lowest BCUT2D eigenvalue weighted by Crippen LogP contribution is -2.00. The molecule has 1 N–H and O–H groups in total. The zero-order valence-corrected chi connectivity index (χ0v) is 14.6. The molecule has 5 nitrogen and oxygen atoms in total. The van der Waals surface area contributed by atoms with Crippen LogP contribution >= 0.6 is 11.6 Å². The van der Waals surface area contributed by atoms with Gasteiger partial charge in [0.25, 0.3) is 0 Å². The molecule has 0 aliphatic rings. The molecule has 0 amide bonds. The van der Waals surface area contributed by atoms with E-state index in [0.29, 0.717) is 10.7 Å². The second-order valence-electron chi connectivity index (χ2n) is 5.99. The van der Waals surface area contributed by atoms with Gasteiger partial charge in [-0.15, -0.1) is 0 Å². The second-order valence-corrected chi connectivity index (χ2v) is 6.43. The number of benzene rings is 2.